The summed E-state index contributed by atoms with van der Waals surface area (Å²) in [6, 6.07) is 3.64. The van der Waals surface area contributed by atoms with Crippen molar-refractivity contribution in [2.75, 3.05) is 18.1 Å². The number of aromatic carboxylic acids is 1. The molecule has 8 heteroatoms. The van der Waals surface area contributed by atoms with E-state index in [0.29, 0.717) is 0 Å². The molecule has 1 aromatic rings. The summed E-state index contributed by atoms with van der Waals surface area (Å²) >= 11 is 0. The van der Waals surface area contributed by atoms with Crippen molar-refractivity contribution in [2.45, 2.75) is 6.92 Å². The van der Waals surface area contributed by atoms with Gasteiger partial charge in [0.2, 0.25) is 0 Å². The molecule has 21 heavy (non-hydrogen) atoms. The minimum absolute atomic E-state index is 0.00574. The lowest BCUT2D eigenvalue weighted by molar-refractivity contribution is 0.0661. The first kappa shape index (κ1) is 15.2. The van der Waals surface area contributed by atoms with Gasteiger partial charge in [0.05, 0.1) is 22.4 Å². The number of nitrogens with zero attached hydrogens (tertiary/aromatic N) is 1. The highest BCUT2D eigenvalue weighted by Gasteiger charge is 2.36. The molecule has 0 aliphatic carbocycles. The molecule has 112 valence electrons. The summed E-state index contributed by atoms with van der Waals surface area (Å²) in [5, 5.41) is 8.89. The molecule has 1 N–H and O–H groups in total. The van der Waals surface area contributed by atoms with Gasteiger partial charge in [-0.2, -0.15) is 0 Å². The number of carbonyl (C=O) groups excluding carboxylic acids is 2. The molecule has 2 rings (SSSR count). The van der Waals surface area contributed by atoms with Gasteiger partial charge in [0.25, 0.3) is 11.8 Å². The van der Waals surface area contributed by atoms with Crippen molar-refractivity contribution in [3.63, 3.8) is 0 Å². The maximum atomic E-state index is 12.1. The average Bonchev–Trinajstić information content (AvgIpc) is 2.68. The molecule has 0 aromatic heterocycles. The number of rotatable bonds is 5. The molecule has 0 fully saturated rings. The number of fused-ring (bicyclic) bond motifs is 1. The molecular weight excluding hydrogens is 298 g/mol. The van der Waals surface area contributed by atoms with Crippen LogP contribution in [0.2, 0.25) is 0 Å². The molecule has 1 aliphatic rings. The number of imide groups is 1. The van der Waals surface area contributed by atoms with Crippen LogP contribution in [0.3, 0.4) is 0 Å². The minimum atomic E-state index is -3.30. The van der Waals surface area contributed by atoms with E-state index in [1.165, 1.54) is 19.1 Å². The fourth-order valence-corrected chi connectivity index (χ4v) is 2.75. The topological polar surface area (TPSA) is 109 Å². The van der Waals surface area contributed by atoms with Crippen molar-refractivity contribution in [3.8, 4) is 0 Å². The van der Waals surface area contributed by atoms with Crippen LogP contribution in [0.15, 0.2) is 18.2 Å². The number of benzene rings is 1. The van der Waals surface area contributed by atoms with Gasteiger partial charge in [0.15, 0.2) is 9.84 Å². The van der Waals surface area contributed by atoms with Gasteiger partial charge in [-0.15, -0.1) is 0 Å². The largest absolute Gasteiger partial charge is 0.478 e. The van der Waals surface area contributed by atoms with Crippen molar-refractivity contribution in [2.24, 2.45) is 0 Å². The highest BCUT2D eigenvalue weighted by Crippen LogP contribution is 2.24. The van der Waals surface area contributed by atoms with Crippen LogP contribution in [0.1, 0.15) is 38.0 Å². The Morgan fingerprint density at radius 3 is 2.38 bits per heavy atom. The van der Waals surface area contributed by atoms with Gasteiger partial charge >= 0.3 is 5.97 Å². The summed E-state index contributed by atoms with van der Waals surface area (Å²) in [4.78, 5) is 35.9. The average molecular weight is 311 g/mol. The Morgan fingerprint density at radius 2 is 1.81 bits per heavy atom. The summed E-state index contributed by atoms with van der Waals surface area (Å²) in [5.74, 6) is -2.84. The second-order valence-electron chi connectivity index (χ2n) is 4.56. The third kappa shape index (κ3) is 2.80. The van der Waals surface area contributed by atoms with Gasteiger partial charge in [0.1, 0.15) is 0 Å². The van der Waals surface area contributed by atoms with Crippen LogP contribution in [-0.2, 0) is 9.84 Å². The third-order valence-corrected chi connectivity index (χ3v) is 4.97. The zero-order chi connectivity index (χ0) is 15.8. The molecule has 0 radical (unpaired) electrons. The SMILES string of the molecule is CCS(=O)(=O)CCN1C(=O)c2ccc(C(=O)O)cc2C1=O. The van der Waals surface area contributed by atoms with Crippen LogP contribution in [0, 0.1) is 0 Å². The lowest BCUT2D eigenvalue weighted by Gasteiger charge is -2.13. The maximum Gasteiger partial charge on any atom is 0.335 e. The fourth-order valence-electron chi connectivity index (χ4n) is 2.00. The Balaban J connectivity index is 2.28. The van der Waals surface area contributed by atoms with E-state index in [1.807, 2.05) is 0 Å². The smallest absolute Gasteiger partial charge is 0.335 e. The molecule has 2 amide bonds. The second-order valence-corrected chi connectivity index (χ2v) is 7.04. The predicted molar refractivity (Wildman–Crippen MR) is 73.1 cm³/mol. The van der Waals surface area contributed by atoms with Crippen molar-refractivity contribution < 1.29 is 27.9 Å². The number of sulfone groups is 1. The molecule has 1 aliphatic heterocycles. The number of carboxylic acids is 1. The first-order chi connectivity index (χ1) is 9.76. The van der Waals surface area contributed by atoms with Crippen molar-refractivity contribution >= 4 is 27.6 Å². The van der Waals surface area contributed by atoms with E-state index in [4.69, 9.17) is 5.11 Å². The van der Waals surface area contributed by atoms with E-state index in [1.54, 1.807) is 0 Å². The lowest BCUT2D eigenvalue weighted by atomic mass is 10.1. The molecule has 0 unspecified atom stereocenters. The Labute approximate surface area is 121 Å². The van der Waals surface area contributed by atoms with Crippen molar-refractivity contribution in [3.05, 3.63) is 34.9 Å². The highest BCUT2D eigenvalue weighted by atomic mass is 32.2. The zero-order valence-electron chi connectivity index (χ0n) is 11.2. The zero-order valence-corrected chi connectivity index (χ0v) is 12.0. The predicted octanol–water partition coefficient (Wildman–Crippen LogP) is 0.416. The fraction of sp³-hybridized carbons (Fsp3) is 0.308. The Bertz CT molecular complexity index is 737. The number of amides is 2. The summed E-state index contributed by atoms with van der Waals surface area (Å²) < 4.78 is 22.9. The van der Waals surface area contributed by atoms with Crippen LogP contribution in [0.25, 0.3) is 0 Å². The first-order valence-corrected chi connectivity index (χ1v) is 8.03. The molecule has 1 aromatic carbocycles. The van der Waals surface area contributed by atoms with Crippen molar-refractivity contribution in [1.82, 2.24) is 4.90 Å². The van der Waals surface area contributed by atoms with Crippen LogP contribution in [-0.4, -0.2) is 54.3 Å². The van der Waals surface area contributed by atoms with E-state index >= 15 is 0 Å². The maximum absolute atomic E-state index is 12.1. The molecule has 0 bridgehead atoms. The molecule has 0 saturated carbocycles. The van der Waals surface area contributed by atoms with Crippen molar-refractivity contribution in [1.29, 1.82) is 0 Å². The lowest BCUT2D eigenvalue weighted by Crippen LogP contribution is -2.34. The van der Waals surface area contributed by atoms with Crippen LogP contribution in [0.5, 0.6) is 0 Å². The molecule has 0 saturated heterocycles. The summed E-state index contributed by atoms with van der Waals surface area (Å²) in [5.41, 5.74) is -0.00868. The van der Waals surface area contributed by atoms with E-state index in [0.717, 1.165) is 11.0 Å². The highest BCUT2D eigenvalue weighted by molar-refractivity contribution is 7.91. The van der Waals surface area contributed by atoms with Gasteiger partial charge in [-0.25, -0.2) is 13.2 Å². The second kappa shape index (κ2) is 5.28. The third-order valence-electron chi connectivity index (χ3n) is 3.28. The van der Waals surface area contributed by atoms with E-state index < -0.39 is 27.6 Å². The Morgan fingerprint density at radius 1 is 1.19 bits per heavy atom. The normalized spacial score (nSPS) is 14.4. The monoisotopic (exact) mass is 311 g/mol. The minimum Gasteiger partial charge on any atom is -0.478 e. The molecule has 0 atom stereocenters. The number of carboxylic acid groups (broad SMARTS) is 1. The molecule has 7 nitrogen and oxygen atoms in total. The summed E-state index contributed by atoms with van der Waals surface area (Å²) in [6.07, 6.45) is 0. The first-order valence-electron chi connectivity index (χ1n) is 6.21. The van der Waals surface area contributed by atoms with Gasteiger partial charge < -0.3 is 5.11 Å². The standard InChI is InChI=1S/C13H13NO6S/c1-2-21(19,20)6-5-14-11(15)9-4-3-8(13(17)18)7-10(9)12(14)16/h3-4,7H,2,5-6H2,1H3,(H,17,18). The Kier molecular flexibility index (Phi) is 3.82. The van der Waals surface area contributed by atoms with Gasteiger partial charge in [-0.3, -0.25) is 14.5 Å². The van der Waals surface area contributed by atoms with E-state index in [9.17, 15) is 22.8 Å². The summed E-state index contributed by atoms with van der Waals surface area (Å²) in [6.45, 7) is 1.25. The molecular formula is C13H13NO6S. The van der Waals surface area contributed by atoms with E-state index in [-0.39, 0.29) is 34.7 Å². The van der Waals surface area contributed by atoms with E-state index in [2.05, 4.69) is 0 Å². The van der Waals surface area contributed by atoms with Gasteiger partial charge in [-0.1, -0.05) is 6.92 Å². The molecule has 0 spiro atoms. The Hall–Kier alpha value is -2.22. The van der Waals surface area contributed by atoms with Crippen LogP contribution < -0.4 is 0 Å². The van der Waals surface area contributed by atoms with Gasteiger partial charge in [0, 0.05) is 12.3 Å². The van der Waals surface area contributed by atoms with Crippen LogP contribution in [0.4, 0.5) is 0 Å². The number of hydrogen-bond donors (Lipinski definition) is 1. The summed E-state index contributed by atoms with van der Waals surface area (Å²) in [7, 11) is -3.30. The van der Waals surface area contributed by atoms with Gasteiger partial charge in [-0.05, 0) is 18.2 Å². The molecule has 1 heterocycles. The number of hydrogen-bond acceptors (Lipinski definition) is 5. The van der Waals surface area contributed by atoms with Crippen LogP contribution >= 0.6 is 0 Å². The quantitative estimate of drug-likeness (QED) is 0.789. The number of carbonyl (C=O) groups is 3.